The predicted octanol–water partition coefficient (Wildman–Crippen LogP) is 4.09. The van der Waals surface area contributed by atoms with Crippen LogP contribution < -0.4 is 9.62 Å². The Hall–Kier alpha value is -2.29. The molecule has 1 atom stereocenters. The van der Waals surface area contributed by atoms with Crippen molar-refractivity contribution in [1.29, 1.82) is 0 Å². The van der Waals surface area contributed by atoms with Gasteiger partial charge in [0.15, 0.2) is 0 Å². The lowest BCUT2D eigenvalue weighted by Crippen LogP contribution is -2.52. The number of nitrogens with zero attached hydrogens (tertiary/aromatic N) is 2. The minimum Gasteiger partial charge on any atom is -0.354 e. The number of benzene rings is 2. The first kappa shape index (κ1) is 27.0. The standard InChI is InChI=1S/C23H29Cl2N3O4S/c1-4-11-26-23(30)21(5-2)27(15-17-9-7-6-8-10-17)22(29)16-28(33(3,31)32)20-13-18(24)12-19(25)14-20/h6-10,12-14,21H,4-5,11,15-16H2,1-3H3,(H,26,30). The van der Waals surface area contributed by atoms with E-state index in [1.807, 2.05) is 44.2 Å². The molecule has 1 unspecified atom stereocenters. The zero-order valence-corrected chi connectivity index (χ0v) is 21.3. The van der Waals surface area contributed by atoms with Gasteiger partial charge in [-0.2, -0.15) is 0 Å². The van der Waals surface area contributed by atoms with Gasteiger partial charge in [0.25, 0.3) is 0 Å². The molecule has 0 aliphatic carbocycles. The van der Waals surface area contributed by atoms with Crippen molar-refractivity contribution in [2.45, 2.75) is 39.3 Å². The summed E-state index contributed by atoms with van der Waals surface area (Å²) in [4.78, 5) is 27.8. The fourth-order valence-corrected chi connectivity index (χ4v) is 4.71. The normalized spacial score (nSPS) is 12.2. The van der Waals surface area contributed by atoms with Crippen LogP contribution in [0.5, 0.6) is 0 Å². The van der Waals surface area contributed by atoms with Gasteiger partial charge in [-0.1, -0.05) is 67.4 Å². The van der Waals surface area contributed by atoms with Crippen LogP contribution in [0.4, 0.5) is 5.69 Å². The maximum atomic E-state index is 13.5. The average molecular weight is 514 g/mol. The fraction of sp³-hybridized carbons (Fsp3) is 0.391. The SMILES string of the molecule is CCCNC(=O)C(CC)N(Cc1ccccc1)C(=O)CN(c1cc(Cl)cc(Cl)c1)S(C)(=O)=O. The molecule has 0 aliphatic heterocycles. The number of amides is 2. The summed E-state index contributed by atoms with van der Waals surface area (Å²) in [5, 5.41) is 3.32. The molecule has 0 bridgehead atoms. The molecule has 0 aliphatic rings. The van der Waals surface area contributed by atoms with Gasteiger partial charge >= 0.3 is 0 Å². The number of carbonyl (C=O) groups excluding carboxylic acids is 2. The fourth-order valence-electron chi connectivity index (χ4n) is 3.36. The number of carbonyl (C=O) groups is 2. The van der Waals surface area contributed by atoms with Crippen molar-refractivity contribution in [2.24, 2.45) is 0 Å². The molecule has 2 aromatic rings. The van der Waals surface area contributed by atoms with E-state index >= 15 is 0 Å². The molecule has 0 saturated carbocycles. The highest BCUT2D eigenvalue weighted by atomic mass is 35.5. The molecule has 0 aromatic heterocycles. The summed E-state index contributed by atoms with van der Waals surface area (Å²) in [5.41, 5.74) is 0.996. The highest BCUT2D eigenvalue weighted by Crippen LogP contribution is 2.27. The largest absolute Gasteiger partial charge is 0.354 e. The van der Waals surface area contributed by atoms with Gasteiger partial charge in [0, 0.05) is 23.1 Å². The number of sulfonamides is 1. The van der Waals surface area contributed by atoms with Crippen LogP contribution in [0.15, 0.2) is 48.5 Å². The minimum absolute atomic E-state index is 0.158. The molecule has 0 spiro atoms. The molecule has 10 heteroatoms. The number of anilines is 1. The predicted molar refractivity (Wildman–Crippen MR) is 133 cm³/mol. The van der Waals surface area contributed by atoms with Crippen molar-refractivity contribution >= 4 is 50.7 Å². The maximum Gasteiger partial charge on any atom is 0.244 e. The van der Waals surface area contributed by atoms with Gasteiger partial charge in [-0.3, -0.25) is 13.9 Å². The molecule has 0 fully saturated rings. The van der Waals surface area contributed by atoms with Gasteiger partial charge in [-0.25, -0.2) is 8.42 Å². The summed E-state index contributed by atoms with van der Waals surface area (Å²) in [5.74, 6) is -0.792. The van der Waals surface area contributed by atoms with Crippen LogP contribution in [0.3, 0.4) is 0 Å². The van der Waals surface area contributed by atoms with Gasteiger partial charge < -0.3 is 10.2 Å². The molecular formula is C23H29Cl2N3O4S. The van der Waals surface area contributed by atoms with Gasteiger partial charge in [0.2, 0.25) is 21.8 Å². The molecule has 2 aromatic carbocycles. The van der Waals surface area contributed by atoms with E-state index in [0.717, 1.165) is 22.5 Å². The van der Waals surface area contributed by atoms with E-state index in [2.05, 4.69) is 5.32 Å². The Morgan fingerprint density at radius 2 is 1.64 bits per heavy atom. The number of rotatable bonds is 11. The smallest absolute Gasteiger partial charge is 0.244 e. The van der Waals surface area contributed by atoms with E-state index in [1.165, 1.54) is 23.1 Å². The lowest BCUT2D eigenvalue weighted by atomic mass is 10.1. The lowest BCUT2D eigenvalue weighted by Gasteiger charge is -2.33. The zero-order valence-electron chi connectivity index (χ0n) is 18.9. The van der Waals surface area contributed by atoms with Crippen LogP contribution in [0.25, 0.3) is 0 Å². The first-order chi connectivity index (χ1) is 15.6. The number of nitrogens with one attached hydrogen (secondary N) is 1. The number of hydrogen-bond donors (Lipinski definition) is 1. The Labute approximate surface area is 205 Å². The van der Waals surface area contributed by atoms with E-state index in [-0.39, 0.29) is 28.2 Å². The van der Waals surface area contributed by atoms with E-state index in [9.17, 15) is 18.0 Å². The molecule has 0 heterocycles. The molecular weight excluding hydrogens is 485 g/mol. The second kappa shape index (κ2) is 12.3. The van der Waals surface area contributed by atoms with Crippen LogP contribution in [-0.2, 0) is 26.2 Å². The Bertz CT molecular complexity index is 1040. The third-order valence-corrected chi connectivity index (χ3v) is 6.52. The van der Waals surface area contributed by atoms with E-state index in [4.69, 9.17) is 23.2 Å². The number of halogens is 2. The summed E-state index contributed by atoms with van der Waals surface area (Å²) in [6, 6.07) is 12.8. The molecule has 0 radical (unpaired) electrons. The van der Waals surface area contributed by atoms with Crippen molar-refractivity contribution in [1.82, 2.24) is 10.2 Å². The minimum atomic E-state index is -3.85. The maximum absolute atomic E-state index is 13.5. The topological polar surface area (TPSA) is 86.8 Å². The Balaban J connectivity index is 2.42. The third kappa shape index (κ3) is 7.91. The molecule has 180 valence electrons. The molecule has 2 rings (SSSR count). The first-order valence-corrected chi connectivity index (χ1v) is 13.2. The monoisotopic (exact) mass is 513 g/mol. The van der Waals surface area contributed by atoms with E-state index in [1.54, 1.807) is 0 Å². The van der Waals surface area contributed by atoms with Crippen LogP contribution in [0.1, 0.15) is 32.3 Å². The first-order valence-electron chi connectivity index (χ1n) is 10.6. The summed E-state index contributed by atoms with van der Waals surface area (Å²) >= 11 is 12.1. The molecule has 1 N–H and O–H groups in total. The number of hydrogen-bond acceptors (Lipinski definition) is 4. The second-order valence-corrected chi connectivity index (χ2v) is 10.4. The Morgan fingerprint density at radius 3 is 2.15 bits per heavy atom. The van der Waals surface area contributed by atoms with Crippen LogP contribution in [-0.4, -0.2) is 50.5 Å². The van der Waals surface area contributed by atoms with Crippen molar-refractivity contribution in [3.8, 4) is 0 Å². The van der Waals surface area contributed by atoms with Crippen molar-refractivity contribution in [3.63, 3.8) is 0 Å². The van der Waals surface area contributed by atoms with Crippen LogP contribution in [0.2, 0.25) is 10.0 Å². The molecule has 0 saturated heterocycles. The van der Waals surface area contributed by atoms with Crippen LogP contribution in [0, 0.1) is 0 Å². The van der Waals surface area contributed by atoms with Crippen molar-refractivity contribution in [3.05, 3.63) is 64.1 Å². The van der Waals surface area contributed by atoms with Gasteiger partial charge in [0.05, 0.1) is 11.9 Å². The van der Waals surface area contributed by atoms with E-state index in [0.29, 0.717) is 13.0 Å². The second-order valence-electron chi connectivity index (χ2n) is 7.62. The highest BCUT2D eigenvalue weighted by Gasteiger charge is 2.31. The van der Waals surface area contributed by atoms with E-state index < -0.39 is 28.5 Å². The van der Waals surface area contributed by atoms with Gasteiger partial charge in [0.1, 0.15) is 12.6 Å². The molecule has 7 nitrogen and oxygen atoms in total. The Morgan fingerprint density at radius 1 is 1.03 bits per heavy atom. The van der Waals surface area contributed by atoms with Crippen LogP contribution >= 0.6 is 23.2 Å². The quantitative estimate of drug-likeness (QED) is 0.490. The van der Waals surface area contributed by atoms with Crippen molar-refractivity contribution in [2.75, 3.05) is 23.7 Å². The van der Waals surface area contributed by atoms with Gasteiger partial charge in [-0.05, 0) is 36.6 Å². The molecule has 33 heavy (non-hydrogen) atoms. The lowest BCUT2D eigenvalue weighted by molar-refractivity contribution is -0.140. The Kier molecular flexibility index (Phi) is 10.0. The summed E-state index contributed by atoms with van der Waals surface area (Å²) < 4.78 is 26.1. The highest BCUT2D eigenvalue weighted by molar-refractivity contribution is 7.92. The summed E-state index contributed by atoms with van der Waals surface area (Å²) in [6.45, 7) is 3.89. The van der Waals surface area contributed by atoms with Crippen molar-refractivity contribution < 1.29 is 18.0 Å². The van der Waals surface area contributed by atoms with Gasteiger partial charge in [-0.15, -0.1) is 0 Å². The zero-order chi connectivity index (χ0) is 24.6. The molecule has 2 amide bonds. The third-order valence-electron chi connectivity index (χ3n) is 4.95. The summed E-state index contributed by atoms with van der Waals surface area (Å²) in [6.07, 6.45) is 2.13. The summed E-state index contributed by atoms with van der Waals surface area (Å²) in [7, 11) is -3.85. The average Bonchev–Trinajstić information content (AvgIpc) is 2.74.